The molecule has 1 unspecified atom stereocenters. The Hall–Kier alpha value is -1.12. The van der Waals surface area contributed by atoms with Crippen LogP contribution in [0.1, 0.15) is 84.5 Å². The zero-order chi connectivity index (χ0) is 23.8. The van der Waals surface area contributed by atoms with Gasteiger partial charge in [-0.2, -0.15) is 0 Å². The quantitative estimate of drug-likeness (QED) is 0.342. The van der Waals surface area contributed by atoms with Crippen LogP contribution >= 0.6 is 23.1 Å². The third kappa shape index (κ3) is 7.96. The highest BCUT2D eigenvalue weighted by atomic mass is 32.2. The molecular formula is C25H40N2O4S2. The van der Waals surface area contributed by atoms with E-state index in [1.54, 1.807) is 27.2 Å². The molecule has 0 aromatic carbocycles. The number of nitrogens with one attached hydrogen (secondary N) is 1. The highest BCUT2D eigenvalue weighted by molar-refractivity contribution is 8.03. The largest absolute Gasteiger partial charge is 0.480 e. The first-order valence-electron chi connectivity index (χ1n) is 12.5. The lowest BCUT2D eigenvalue weighted by Gasteiger charge is -2.39. The number of hydrogen-bond donors (Lipinski definition) is 2. The van der Waals surface area contributed by atoms with Gasteiger partial charge in [-0.25, -0.2) is 4.98 Å². The van der Waals surface area contributed by atoms with E-state index in [0.717, 1.165) is 29.1 Å². The molecule has 1 aromatic rings. The summed E-state index contributed by atoms with van der Waals surface area (Å²) in [5, 5.41) is 12.8. The van der Waals surface area contributed by atoms with Crippen LogP contribution in [0, 0.1) is 23.7 Å². The van der Waals surface area contributed by atoms with E-state index in [2.05, 4.69) is 10.3 Å². The molecule has 0 spiro atoms. The van der Waals surface area contributed by atoms with E-state index in [9.17, 15) is 14.7 Å². The van der Waals surface area contributed by atoms with Crippen LogP contribution in [0.2, 0.25) is 0 Å². The van der Waals surface area contributed by atoms with Crippen molar-refractivity contribution in [2.75, 3.05) is 19.0 Å². The number of carbonyl (C=O) groups is 2. The number of nitrogens with zero attached hydrogens (tertiary/aromatic N) is 1. The predicted molar refractivity (Wildman–Crippen MR) is 135 cm³/mol. The van der Waals surface area contributed by atoms with E-state index < -0.39 is 10.7 Å². The Labute approximate surface area is 206 Å². The van der Waals surface area contributed by atoms with Crippen molar-refractivity contribution in [3.63, 3.8) is 0 Å². The fourth-order valence-corrected chi connectivity index (χ4v) is 7.87. The van der Waals surface area contributed by atoms with Crippen molar-refractivity contribution in [2.45, 2.75) is 93.4 Å². The number of hydrogen-bond acceptors (Lipinski definition) is 6. The number of aromatic nitrogens is 1. The highest BCUT2D eigenvalue weighted by Gasteiger charge is 2.34. The van der Waals surface area contributed by atoms with Gasteiger partial charge in [-0.15, -0.1) is 0 Å². The summed E-state index contributed by atoms with van der Waals surface area (Å²) in [6.07, 6.45) is 14.8. The zero-order valence-electron chi connectivity index (χ0n) is 20.3. The number of methoxy groups -OCH3 is 1. The zero-order valence-corrected chi connectivity index (χ0v) is 21.9. The number of thiazole rings is 1. The number of thioether (sulfide) groups is 1. The number of carboxylic acid groups (broad SMARTS) is 1. The third-order valence-corrected chi connectivity index (χ3v) is 9.66. The number of rotatable bonds is 11. The Morgan fingerprint density at radius 2 is 1.85 bits per heavy atom. The van der Waals surface area contributed by atoms with Crippen molar-refractivity contribution in [1.29, 1.82) is 0 Å². The van der Waals surface area contributed by atoms with Crippen molar-refractivity contribution < 1.29 is 19.4 Å². The molecule has 1 aromatic heterocycles. The molecule has 2 aliphatic carbocycles. The molecule has 1 amide bonds. The van der Waals surface area contributed by atoms with E-state index in [1.807, 2.05) is 0 Å². The number of anilines is 1. The first kappa shape index (κ1) is 26.5. The molecule has 0 aliphatic heterocycles. The second-order valence-corrected chi connectivity index (χ2v) is 13.2. The maximum atomic E-state index is 12.8. The van der Waals surface area contributed by atoms with Gasteiger partial charge in [0.2, 0.25) is 5.91 Å². The van der Waals surface area contributed by atoms with E-state index >= 15 is 0 Å². The molecule has 0 bridgehead atoms. The normalized spacial score (nSPS) is 23.2. The topological polar surface area (TPSA) is 88.5 Å². The summed E-state index contributed by atoms with van der Waals surface area (Å²) in [6.45, 7) is 4.22. The lowest BCUT2D eigenvalue weighted by Crippen LogP contribution is -2.30. The van der Waals surface area contributed by atoms with Crippen molar-refractivity contribution in [1.82, 2.24) is 4.98 Å². The Morgan fingerprint density at radius 1 is 1.18 bits per heavy atom. The standard InChI is InChI=1S/C25H40N2O4S2/c1-25(2,23(29)30)33-22-15-26-24(32-22)27-21(28)14-13-20(18-7-5-4-6-8-18)19-11-9-17(10-12-19)16-31-3/h15,17-20H,4-14,16H2,1-3H3,(H,29,30)(H,26,27,28). The lowest BCUT2D eigenvalue weighted by atomic mass is 9.66. The van der Waals surface area contributed by atoms with Gasteiger partial charge in [-0.1, -0.05) is 55.2 Å². The molecule has 2 N–H and O–H groups in total. The van der Waals surface area contributed by atoms with Gasteiger partial charge in [0.05, 0.1) is 10.4 Å². The maximum Gasteiger partial charge on any atom is 0.319 e. The molecule has 0 radical (unpaired) electrons. The lowest BCUT2D eigenvalue weighted by molar-refractivity contribution is -0.138. The van der Waals surface area contributed by atoms with Crippen LogP contribution in [0.5, 0.6) is 0 Å². The number of aliphatic carboxylic acids is 1. The molecule has 0 saturated heterocycles. The molecule has 186 valence electrons. The summed E-state index contributed by atoms with van der Waals surface area (Å²) in [7, 11) is 1.80. The van der Waals surface area contributed by atoms with Crippen molar-refractivity contribution in [2.24, 2.45) is 23.7 Å². The second kappa shape index (κ2) is 12.5. The number of carbonyl (C=O) groups excluding carboxylic acids is 1. The van der Waals surface area contributed by atoms with Crippen LogP contribution < -0.4 is 5.32 Å². The van der Waals surface area contributed by atoms with Gasteiger partial charge in [0.1, 0.15) is 4.75 Å². The van der Waals surface area contributed by atoms with Gasteiger partial charge >= 0.3 is 5.97 Å². The van der Waals surface area contributed by atoms with Gasteiger partial charge in [0.15, 0.2) is 5.13 Å². The Kier molecular flexibility index (Phi) is 10.1. The minimum atomic E-state index is -0.927. The van der Waals surface area contributed by atoms with Crippen molar-refractivity contribution >= 4 is 40.1 Å². The Morgan fingerprint density at radius 3 is 2.48 bits per heavy atom. The molecule has 2 saturated carbocycles. The van der Waals surface area contributed by atoms with Crippen LogP contribution in [-0.2, 0) is 14.3 Å². The van der Waals surface area contributed by atoms with Crippen molar-refractivity contribution in [3.05, 3.63) is 6.20 Å². The molecular weight excluding hydrogens is 456 g/mol. The summed E-state index contributed by atoms with van der Waals surface area (Å²) in [6, 6.07) is 0. The Balaban J connectivity index is 1.53. The van der Waals surface area contributed by atoms with Crippen LogP contribution in [0.3, 0.4) is 0 Å². The SMILES string of the molecule is COCC1CCC(C(CCC(=O)Nc2ncc(SC(C)(C)C(=O)O)s2)C2CCCCC2)CC1. The van der Waals surface area contributed by atoms with E-state index in [0.29, 0.717) is 23.4 Å². The van der Waals surface area contributed by atoms with Crippen LogP contribution in [-0.4, -0.2) is 40.4 Å². The minimum absolute atomic E-state index is 0.0206. The Bertz CT molecular complexity index is 768. The molecule has 1 atom stereocenters. The maximum absolute atomic E-state index is 12.8. The van der Waals surface area contributed by atoms with Gasteiger partial charge in [-0.05, 0) is 69.6 Å². The third-order valence-electron chi connectivity index (χ3n) is 7.46. The summed E-state index contributed by atoms with van der Waals surface area (Å²) in [5.74, 6) is 1.98. The molecule has 2 aliphatic rings. The first-order valence-corrected chi connectivity index (χ1v) is 14.1. The summed E-state index contributed by atoms with van der Waals surface area (Å²) in [4.78, 5) is 28.4. The number of amides is 1. The fourth-order valence-electron chi connectivity index (χ4n) is 5.58. The molecule has 1 heterocycles. The highest BCUT2D eigenvalue weighted by Crippen LogP contribution is 2.43. The number of carboxylic acids is 1. The smallest absolute Gasteiger partial charge is 0.319 e. The summed E-state index contributed by atoms with van der Waals surface area (Å²) in [5.41, 5.74) is 0. The van der Waals surface area contributed by atoms with E-state index in [-0.39, 0.29) is 5.91 Å². The average molecular weight is 497 g/mol. The van der Waals surface area contributed by atoms with Gasteiger partial charge < -0.3 is 15.2 Å². The van der Waals surface area contributed by atoms with Crippen LogP contribution in [0.15, 0.2) is 10.4 Å². The minimum Gasteiger partial charge on any atom is -0.480 e. The van der Waals surface area contributed by atoms with Gasteiger partial charge in [0.25, 0.3) is 0 Å². The van der Waals surface area contributed by atoms with E-state index in [1.165, 1.54) is 80.9 Å². The van der Waals surface area contributed by atoms with Gasteiger partial charge in [-0.3, -0.25) is 9.59 Å². The molecule has 33 heavy (non-hydrogen) atoms. The molecule has 2 fully saturated rings. The molecule has 6 nitrogen and oxygen atoms in total. The van der Waals surface area contributed by atoms with Crippen molar-refractivity contribution in [3.8, 4) is 0 Å². The first-order chi connectivity index (χ1) is 15.8. The molecule has 3 rings (SSSR count). The number of ether oxygens (including phenoxy) is 1. The van der Waals surface area contributed by atoms with Crippen LogP contribution in [0.4, 0.5) is 5.13 Å². The van der Waals surface area contributed by atoms with E-state index in [4.69, 9.17) is 4.74 Å². The average Bonchev–Trinajstić information content (AvgIpc) is 3.21. The van der Waals surface area contributed by atoms with Gasteiger partial charge in [0, 0.05) is 20.1 Å². The van der Waals surface area contributed by atoms with Crippen LogP contribution in [0.25, 0.3) is 0 Å². The predicted octanol–water partition coefficient (Wildman–Crippen LogP) is 6.47. The monoisotopic (exact) mass is 496 g/mol. The summed E-state index contributed by atoms with van der Waals surface area (Å²) < 4.78 is 5.25. The molecule has 8 heteroatoms. The second-order valence-electron chi connectivity index (χ2n) is 10.3. The fraction of sp³-hybridized carbons (Fsp3) is 0.800. The summed E-state index contributed by atoms with van der Waals surface area (Å²) >= 11 is 2.60.